The lowest BCUT2D eigenvalue weighted by Crippen LogP contribution is -2.38. The van der Waals surface area contributed by atoms with Gasteiger partial charge in [0.25, 0.3) is 5.91 Å². The normalized spacial score (nSPS) is 13.4. The van der Waals surface area contributed by atoms with Crippen molar-refractivity contribution >= 4 is 5.91 Å². The fourth-order valence-corrected chi connectivity index (χ4v) is 1.38. The molecule has 12 heteroatoms. The molecular weight excluding hydrogens is 318 g/mol. The van der Waals surface area contributed by atoms with Crippen LogP contribution < -0.4 is 5.73 Å². The molecule has 0 fully saturated rings. The largest absolute Gasteiger partial charge is 0.459 e. The van der Waals surface area contributed by atoms with E-state index in [1.165, 1.54) is 0 Å². The van der Waals surface area contributed by atoms with E-state index in [2.05, 4.69) is 15.7 Å². The summed E-state index contributed by atoms with van der Waals surface area (Å²) in [4.78, 5) is 16.3. The zero-order valence-corrected chi connectivity index (χ0v) is 9.90. The van der Waals surface area contributed by atoms with Gasteiger partial charge in [-0.3, -0.25) is 4.79 Å². The molecule has 1 amide bonds. The van der Waals surface area contributed by atoms with Crippen molar-refractivity contribution in [2.45, 2.75) is 25.2 Å². The Kier molecular flexibility index (Phi) is 3.87. The average molecular weight is 323 g/mol. The summed E-state index contributed by atoms with van der Waals surface area (Å²) in [6.45, 7) is 0.739. The number of aryl methyl sites for hydroxylation is 1. The van der Waals surface area contributed by atoms with Crippen molar-refractivity contribution in [3.05, 3.63) is 22.8 Å². The molecule has 4 nitrogen and oxygen atoms in total. The van der Waals surface area contributed by atoms with Crippen LogP contribution in [0.5, 0.6) is 0 Å². The standard InChI is InChI=1S/C9H5F8N3O/c1-2-19-4(6(18)21)3(8(12,13)14)5(20-2)7(10,11)9(15,16)17/h1H3,(H2,18,21). The molecule has 0 unspecified atom stereocenters. The number of carbonyl (C=O) groups is 1. The van der Waals surface area contributed by atoms with Gasteiger partial charge in [0.15, 0.2) is 0 Å². The Hall–Kier alpha value is -2.01. The van der Waals surface area contributed by atoms with Gasteiger partial charge in [0, 0.05) is 0 Å². The highest BCUT2D eigenvalue weighted by Gasteiger charge is 2.63. The SMILES string of the molecule is Cc1nc(C(N)=O)c(C(F)(F)F)c(C(F)(F)C(F)(F)F)n1. The van der Waals surface area contributed by atoms with Crippen LogP contribution in [0.25, 0.3) is 0 Å². The minimum atomic E-state index is -6.34. The minimum Gasteiger partial charge on any atom is -0.364 e. The molecule has 0 saturated carbocycles. The second-order valence-corrected chi connectivity index (χ2v) is 3.78. The van der Waals surface area contributed by atoms with E-state index in [0.717, 1.165) is 6.92 Å². The van der Waals surface area contributed by atoms with Gasteiger partial charge in [0.2, 0.25) is 0 Å². The summed E-state index contributed by atoms with van der Waals surface area (Å²) in [5.41, 5.74) is -2.48. The molecule has 0 aromatic carbocycles. The average Bonchev–Trinajstić information content (AvgIpc) is 2.24. The smallest absolute Gasteiger partial charge is 0.364 e. The Morgan fingerprint density at radius 3 is 1.81 bits per heavy atom. The van der Waals surface area contributed by atoms with Crippen LogP contribution >= 0.6 is 0 Å². The number of alkyl halides is 8. The number of primary amides is 1. The Balaban J connectivity index is 3.86. The molecule has 0 bridgehead atoms. The quantitative estimate of drug-likeness (QED) is 0.851. The lowest BCUT2D eigenvalue weighted by Gasteiger charge is -2.23. The van der Waals surface area contributed by atoms with Gasteiger partial charge in [0.1, 0.15) is 22.8 Å². The van der Waals surface area contributed by atoms with Gasteiger partial charge in [-0.1, -0.05) is 0 Å². The van der Waals surface area contributed by atoms with Gasteiger partial charge in [0.05, 0.1) is 0 Å². The predicted octanol–water partition coefficient (Wildman–Crippen LogP) is 2.56. The fourth-order valence-electron chi connectivity index (χ4n) is 1.38. The molecule has 0 aliphatic heterocycles. The third-order valence-corrected chi connectivity index (χ3v) is 2.19. The second-order valence-electron chi connectivity index (χ2n) is 3.78. The number of hydrogen-bond donors (Lipinski definition) is 1. The van der Waals surface area contributed by atoms with Crippen LogP contribution in [-0.4, -0.2) is 22.1 Å². The highest BCUT2D eigenvalue weighted by molar-refractivity contribution is 5.92. The molecule has 1 aromatic rings. The molecule has 21 heavy (non-hydrogen) atoms. The summed E-state index contributed by atoms with van der Waals surface area (Å²) >= 11 is 0. The first-order valence-corrected chi connectivity index (χ1v) is 4.90. The topological polar surface area (TPSA) is 68.9 Å². The summed E-state index contributed by atoms with van der Waals surface area (Å²) < 4.78 is 101. The molecular formula is C9H5F8N3O. The monoisotopic (exact) mass is 323 g/mol. The van der Waals surface area contributed by atoms with Crippen molar-refractivity contribution in [1.29, 1.82) is 0 Å². The van der Waals surface area contributed by atoms with E-state index in [9.17, 15) is 39.9 Å². The van der Waals surface area contributed by atoms with Crippen molar-refractivity contribution in [3.63, 3.8) is 0 Å². The Bertz CT molecular complexity index is 578. The van der Waals surface area contributed by atoms with Gasteiger partial charge < -0.3 is 5.73 Å². The molecule has 2 N–H and O–H groups in total. The van der Waals surface area contributed by atoms with E-state index < -0.39 is 47.0 Å². The Labute approximate surface area is 111 Å². The van der Waals surface area contributed by atoms with Crippen molar-refractivity contribution in [2.75, 3.05) is 0 Å². The van der Waals surface area contributed by atoms with Gasteiger partial charge in [-0.15, -0.1) is 0 Å². The molecule has 0 saturated heterocycles. The number of nitrogens with two attached hydrogens (primary N) is 1. The molecule has 0 radical (unpaired) electrons. The summed E-state index contributed by atoms with van der Waals surface area (Å²) in [5, 5.41) is 0. The van der Waals surface area contributed by atoms with Crippen LogP contribution in [0.15, 0.2) is 0 Å². The molecule has 0 atom stereocenters. The maximum atomic E-state index is 13.2. The van der Waals surface area contributed by atoms with Crippen LogP contribution in [0.3, 0.4) is 0 Å². The van der Waals surface area contributed by atoms with E-state index in [1.807, 2.05) is 0 Å². The highest BCUT2D eigenvalue weighted by atomic mass is 19.4. The van der Waals surface area contributed by atoms with Gasteiger partial charge in [-0.2, -0.15) is 35.1 Å². The molecule has 1 aromatic heterocycles. The van der Waals surface area contributed by atoms with E-state index in [0.29, 0.717) is 0 Å². The molecule has 0 aliphatic carbocycles. The number of hydrogen-bond acceptors (Lipinski definition) is 3. The van der Waals surface area contributed by atoms with Crippen LogP contribution in [0.1, 0.15) is 27.6 Å². The number of carbonyl (C=O) groups excluding carboxylic acids is 1. The van der Waals surface area contributed by atoms with Crippen molar-refractivity contribution in [1.82, 2.24) is 9.97 Å². The van der Waals surface area contributed by atoms with Crippen molar-refractivity contribution in [3.8, 4) is 0 Å². The van der Waals surface area contributed by atoms with E-state index in [1.54, 1.807) is 0 Å². The van der Waals surface area contributed by atoms with Crippen LogP contribution in [0.4, 0.5) is 35.1 Å². The molecule has 1 rings (SSSR count). The van der Waals surface area contributed by atoms with Crippen molar-refractivity contribution in [2.24, 2.45) is 5.73 Å². The first-order valence-electron chi connectivity index (χ1n) is 4.90. The number of nitrogens with zero attached hydrogens (tertiary/aromatic N) is 2. The molecule has 0 aliphatic rings. The van der Waals surface area contributed by atoms with E-state index in [-0.39, 0.29) is 0 Å². The summed E-state index contributed by atoms with van der Waals surface area (Å²) in [7, 11) is 0. The third-order valence-electron chi connectivity index (χ3n) is 2.19. The molecule has 0 spiro atoms. The number of amides is 1. The Morgan fingerprint density at radius 2 is 1.48 bits per heavy atom. The van der Waals surface area contributed by atoms with Gasteiger partial charge >= 0.3 is 18.3 Å². The van der Waals surface area contributed by atoms with Crippen LogP contribution in [-0.2, 0) is 12.1 Å². The number of aromatic nitrogens is 2. The highest BCUT2D eigenvalue weighted by Crippen LogP contribution is 2.47. The van der Waals surface area contributed by atoms with Crippen molar-refractivity contribution < 1.29 is 39.9 Å². The summed E-state index contributed by atoms with van der Waals surface area (Å²) in [6, 6.07) is 0. The number of rotatable bonds is 2. The predicted molar refractivity (Wildman–Crippen MR) is 50.2 cm³/mol. The van der Waals surface area contributed by atoms with E-state index in [4.69, 9.17) is 0 Å². The third kappa shape index (κ3) is 3.03. The zero-order valence-electron chi connectivity index (χ0n) is 9.90. The van der Waals surface area contributed by atoms with E-state index >= 15 is 0 Å². The summed E-state index contributed by atoms with van der Waals surface area (Å²) in [6.07, 6.45) is -12.1. The lowest BCUT2D eigenvalue weighted by molar-refractivity contribution is -0.292. The first-order chi connectivity index (χ1) is 9.19. The first kappa shape index (κ1) is 17.0. The molecule has 118 valence electrons. The van der Waals surface area contributed by atoms with Crippen LogP contribution in [0, 0.1) is 6.92 Å². The zero-order chi connectivity index (χ0) is 16.8. The Morgan fingerprint density at radius 1 is 1.00 bits per heavy atom. The maximum absolute atomic E-state index is 13.2. The summed E-state index contributed by atoms with van der Waals surface area (Å²) in [5.74, 6) is -8.74. The van der Waals surface area contributed by atoms with Gasteiger partial charge in [-0.25, -0.2) is 9.97 Å². The molecule has 1 heterocycles. The minimum absolute atomic E-state index is 0.739. The van der Waals surface area contributed by atoms with Crippen LogP contribution in [0.2, 0.25) is 0 Å². The second kappa shape index (κ2) is 4.77. The maximum Gasteiger partial charge on any atom is 0.459 e. The lowest BCUT2D eigenvalue weighted by atomic mass is 10.0. The fraction of sp³-hybridized carbons (Fsp3) is 0.444. The van der Waals surface area contributed by atoms with Gasteiger partial charge in [-0.05, 0) is 6.92 Å². The number of halogens is 8.